The molecule has 2 aromatic carbocycles. The van der Waals surface area contributed by atoms with Crippen molar-refractivity contribution in [1.82, 2.24) is 0 Å². The molecule has 0 saturated heterocycles. The van der Waals surface area contributed by atoms with Gasteiger partial charge in [0.25, 0.3) is 0 Å². The minimum atomic E-state index is -1.51. The van der Waals surface area contributed by atoms with Crippen LogP contribution in [0.2, 0.25) is 0 Å². The van der Waals surface area contributed by atoms with Crippen LogP contribution < -0.4 is 15.3 Å². The largest absolute Gasteiger partial charge is 0.494 e. The van der Waals surface area contributed by atoms with Crippen LogP contribution >= 0.6 is 7.80 Å². The second-order valence-electron chi connectivity index (χ2n) is 4.68. The Kier molecular flexibility index (Phi) is 5.76. The lowest BCUT2D eigenvalue weighted by molar-refractivity contribution is 0.306. The van der Waals surface area contributed by atoms with Crippen molar-refractivity contribution in [1.29, 1.82) is 0 Å². The molecule has 0 aromatic heterocycles. The maximum Gasteiger partial charge on any atom is 0.136 e. The molecule has 1 atom stereocenters. The molecular formula is C17H20O2P. The molecule has 0 aliphatic heterocycles. The van der Waals surface area contributed by atoms with Crippen molar-refractivity contribution in [2.45, 2.75) is 26.2 Å². The molecule has 0 N–H and O–H groups in total. The highest BCUT2D eigenvalue weighted by molar-refractivity contribution is 7.61. The monoisotopic (exact) mass is 287 g/mol. The van der Waals surface area contributed by atoms with Gasteiger partial charge in [-0.15, -0.1) is 0 Å². The van der Waals surface area contributed by atoms with E-state index in [-0.39, 0.29) is 0 Å². The molecule has 0 aliphatic carbocycles. The Morgan fingerprint density at radius 1 is 0.900 bits per heavy atom. The first-order valence-electron chi connectivity index (χ1n) is 7.06. The van der Waals surface area contributed by atoms with E-state index < -0.39 is 7.80 Å². The molecule has 2 nitrogen and oxygen atoms in total. The third-order valence-electron chi connectivity index (χ3n) is 3.08. The molecule has 0 spiro atoms. The van der Waals surface area contributed by atoms with E-state index in [0.29, 0.717) is 0 Å². The van der Waals surface area contributed by atoms with Crippen molar-refractivity contribution in [2.24, 2.45) is 0 Å². The minimum absolute atomic E-state index is 0.748. The van der Waals surface area contributed by atoms with Crippen LogP contribution in [0.15, 0.2) is 54.6 Å². The molecule has 0 aliphatic rings. The number of hydrogen-bond donors (Lipinski definition) is 0. The third-order valence-corrected chi connectivity index (χ3v) is 4.61. The fourth-order valence-corrected chi connectivity index (χ4v) is 3.09. The number of hydrogen-bond acceptors (Lipinski definition) is 2. The molecule has 3 heteroatoms. The van der Waals surface area contributed by atoms with Crippen LogP contribution in [0.25, 0.3) is 0 Å². The van der Waals surface area contributed by atoms with Crippen LogP contribution in [0.3, 0.4) is 0 Å². The number of benzene rings is 2. The molecule has 0 amide bonds. The molecule has 0 heterocycles. The lowest BCUT2D eigenvalue weighted by atomic mass is 10.3. The van der Waals surface area contributed by atoms with E-state index in [2.05, 4.69) is 6.92 Å². The highest BCUT2D eigenvalue weighted by Crippen LogP contribution is 2.21. The van der Waals surface area contributed by atoms with E-state index in [1.54, 1.807) is 0 Å². The molecule has 20 heavy (non-hydrogen) atoms. The molecule has 0 saturated carbocycles. The van der Waals surface area contributed by atoms with E-state index in [9.17, 15) is 4.57 Å². The molecule has 2 aromatic rings. The average molecular weight is 287 g/mol. The zero-order chi connectivity index (χ0) is 14.2. The Morgan fingerprint density at radius 2 is 1.55 bits per heavy atom. The van der Waals surface area contributed by atoms with Crippen LogP contribution in [0.5, 0.6) is 5.75 Å². The number of rotatable bonds is 7. The summed E-state index contributed by atoms with van der Waals surface area (Å²) < 4.78 is 18.0. The van der Waals surface area contributed by atoms with Gasteiger partial charge in [0, 0.05) is 10.6 Å². The van der Waals surface area contributed by atoms with Gasteiger partial charge in [0.05, 0.1) is 6.61 Å². The van der Waals surface area contributed by atoms with Crippen LogP contribution in [0.1, 0.15) is 26.2 Å². The Balaban J connectivity index is 1.96. The van der Waals surface area contributed by atoms with E-state index in [1.165, 1.54) is 12.8 Å². The second-order valence-corrected chi connectivity index (χ2v) is 6.30. The summed E-state index contributed by atoms with van der Waals surface area (Å²) in [6.07, 6.45) is 3.47. The van der Waals surface area contributed by atoms with Crippen LogP contribution in [0.4, 0.5) is 0 Å². The first kappa shape index (κ1) is 14.7. The van der Waals surface area contributed by atoms with E-state index in [1.807, 2.05) is 54.6 Å². The standard InChI is InChI=1S/C17H20O2P/c1-2-3-7-14-19-15-10-12-17(13-11-15)20(18)16-8-5-4-6-9-16/h4-6,8-13H,2-3,7,14H2,1H3. The Hall–Kier alpha value is -1.66. The van der Waals surface area contributed by atoms with Crippen molar-refractivity contribution in [3.63, 3.8) is 0 Å². The van der Waals surface area contributed by atoms with Gasteiger partial charge in [0.2, 0.25) is 0 Å². The predicted octanol–water partition coefficient (Wildman–Crippen LogP) is 4.03. The lowest BCUT2D eigenvalue weighted by Crippen LogP contribution is -2.06. The van der Waals surface area contributed by atoms with Gasteiger partial charge in [-0.05, 0) is 42.8 Å². The zero-order valence-electron chi connectivity index (χ0n) is 11.8. The maximum absolute atomic E-state index is 12.4. The van der Waals surface area contributed by atoms with Crippen molar-refractivity contribution >= 4 is 18.4 Å². The summed E-state index contributed by atoms with van der Waals surface area (Å²) >= 11 is 0. The van der Waals surface area contributed by atoms with Gasteiger partial charge in [-0.3, -0.25) is 4.57 Å². The SMILES string of the molecule is CCCCCOc1ccc([P](=O)c2ccccc2)cc1. The van der Waals surface area contributed by atoms with Gasteiger partial charge in [-0.25, -0.2) is 0 Å². The summed E-state index contributed by atoms with van der Waals surface area (Å²) in [5.41, 5.74) is 0. The summed E-state index contributed by atoms with van der Waals surface area (Å²) in [5.74, 6) is 0.848. The van der Waals surface area contributed by atoms with Gasteiger partial charge in [0.1, 0.15) is 13.6 Å². The van der Waals surface area contributed by atoms with Crippen LogP contribution in [0, 0.1) is 0 Å². The van der Waals surface area contributed by atoms with Crippen molar-refractivity contribution in [3.05, 3.63) is 54.6 Å². The van der Waals surface area contributed by atoms with E-state index in [4.69, 9.17) is 4.74 Å². The molecule has 0 bridgehead atoms. The highest BCUT2D eigenvalue weighted by Gasteiger charge is 2.07. The molecule has 1 radical (unpaired) electrons. The van der Waals surface area contributed by atoms with E-state index in [0.717, 1.165) is 29.4 Å². The fraction of sp³-hybridized carbons (Fsp3) is 0.294. The summed E-state index contributed by atoms with van der Waals surface area (Å²) in [6, 6.07) is 17.1. The van der Waals surface area contributed by atoms with Gasteiger partial charge in [0.15, 0.2) is 0 Å². The van der Waals surface area contributed by atoms with E-state index >= 15 is 0 Å². The first-order chi connectivity index (χ1) is 9.81. The Labute approximate surface area is 121 Å². The van der Waals surface area contributed by atoms with Gasteiger partial charge >= 0.3 is 0 Å². The number of ether oxygens (including phenoxy) is 1. The summed E-state index contributed by atoms with van der Waals surface area (Å²) in [4.78, 5) is 0. The van der Waals surface area contributed by atoms with Crippen LogP contribution in [-0.2, 0) is 4.57 Å². The third kappa shape index (κ3) is 4.18. The highest BCUT2D eigenvalue weighted by atomic mass is 31.1. The maximum atomic E-state index is 12.4. The smallest absolute Gasteiger partial charge is 0.136 e. The van der Waals surface area contributed by atoms with Crippen molar-refractivity contribution < 1.29 is 9.30 Å². The molecule has 1 unspecified atom stereocenters. The van der Waals surface area contributed by atoms with Crippen molar-refractivity contribution in [3.8, 4) is 5.75 Å². The van der Waals surface area contributed by atoms with Crippen LogP contribution in [-0.4, -0.2) is 6.61 Å². The average Bonchev–Trinajstić information content (AvgIpc) is 2.52. The second kappa shape index (κ2) is 7.81. The summed E-state index contributed by atoms with van der Waals surface area (Å²) in [7, 11) is -1.51. The van der Waals surface area contributed by atoms with Gasteiger partial charge in [-0.1, -0.05) is 38.0 Å². The minimum Gasteiger partial charge on any atom is -0.494 e. The predicted molar refractivity (Wildman–Crippen MR) is 84.8 cm³/mol. The molecule has 105 valence electrons. The van der Waals surface area contributed by atoms with Crippen molar-refractivity contribution in [2.75, 3.05) is 6.61 Å². The lowest BCUT2D eigenvalue weighted by Gasteiger charge is -2.07. The summed E-state index contributed by atoms with van der Waals surface area (Å²) in [5, 5.41) is 1.70. The fourth-order valence-electron chi connectivity index (χ4n) is 1.93. The molecule has 0 fully saturated rings. The summed E-state index contributed by atoms with van der Waals surface area (Å²) in [6.45, 7) is 2.92. The first-order valence-corrected chi connectivity index (χ1v) is 8.32. The zero-order valence-corrected chi connectivity index (χ0v) is 12.7. The topological polar surface area (TPSA) is 26.3 Å². The normalized spacial score (nSPS) is 11.2. The molecular weight excluding hydrogens is 267 g/mol. The Bertz CT molecular complexity index is 535. The van der Waals surface area contributed by atoms with Gasteiger partial charge in [-0.2, -0.15) is 0 Å². The Morgan fingerprint density at radius 3 is 2.20 bits per heavy atom. The number of unbranched alkanes of at least 4 members (excludes halogenated alkanes) is 2. The quantitative estimate of drug-likeness (QED) is 0.567. The van der Waals surface area contributed by atoms with Gasteiger partial charge < -0.3 is 4.74 Å². The molecule has 2 rings (SSSR count).